The van der Waals surface area contributed by atoms with Crippen LogP contribution >= 0.6 is 0 Å². The lowest BCUT2D eigenvalue weighted by atomic mass is 10.1. The molecule has 146 valence electrons. The maximum atomic E-state index is 12.7. The summed E-state index contributed by atoms with van der Waals surface area (Å²) in [6.07, 6.45) is 5.98. The van der Waals surface area contributed by atoms with Gasteiger partial charge in [0.05, 0.1) is 23.4 Å². The van der Waals surface area contributed by atoms with Gasteiger partial charge in [-0.25, -0.2) is 4.98 Å². The fourth-order valence-corrected chi connectivity index (χ4v) is 3.93. The van der Waals surface area contributed by atoms with Gasteiger partial charge in [-0.05, 0) is 43.9 Å². The van der Waals surface area contributed by atoms with Gasteiger partial charge in [0.2, 0.25) is 0 Å². The molecule has 0 radical (unpaired) electrons. The van der Waals surface area contributed by atoms with Crippen molar-refractivity contribution in [3.63, 3.8) is 0 Å². The lowest BCUT2D eigenvalue weighted by molar-refractivity contribution is 0.248. The largest absolute Gasteiger partial charge is 0.369 e. The molecule has 0 spiro atoms. The number of aromatic nitrogens is 3. The van der Waals surface area contributed by atoms with E-state index >= 15 is 0 Å². The van der Waals surface area contributed by atoms with Gasteiger partial charge in [0, 0.05) is 50.5 Å². The van der Waals surface area contributed by atoms with Crippen LogP contribution in [0.2, 0.25) is 0 Å². The minimum atomic E-state index is 0.0809. The molecular formula is C21H25N5O2. The molecule has 1 aromatic carbocycles. The Morgan fingerprint density at radius 3 is 2.71 bits per heavy atom. The van der Waals surface area contributed by atoms with Crippen molar-refractivity contribution in [3.05, 3.63) is 52.4 Å². The zero-order valence-corrected chi connectivity index (χ0v) is 16.2. The van der Waals surface area contributed by atoms with E-state index in [-0.39, 0.29) is 5.56 Å². The second kappa shape index (κ2) is 7.05. The number of rotatable bonds is 5. The van der Waals surface area contributed by atoms with Crippen molar-refractivity contribution in [2.45, 2.75) is 32.9 Å². The number of benzene rings is 1. The maximum absolute atomic E-state index is 12.7. The quantitative estimate of drug-likeness (QED) is 0.678. The van der Waals surface area contributed by atoms with E-state index in [1.807, 2.05) is 19.2 Å². The van der Waals surface area contributed by atoms with E-state index in [2.05, 4.69) is 32.1 Å². The van der Waals surface area contributed by atoms with Gasteiger partial charge in [0.1, 0.15) is 5.76 Å². The zero-order valence-electron chi connectivity index (χ0n) is 16.2. The summed E-state index contributed by atoms with van der Waals surface area (Å²) in [5.74, 6) is 1.56. The van der Waals surface area contributed by atoms with E-state index in [1.165, 1.54) is 12.8 Å². The molecule has 3 heterocycles. The summed E-state index contributed by atoms with van der Waals surface area (Å²) in [7, 11) is 0. The van der Waals surface area contributed by atoms with Gasteiger partial charge < -0.3 is 9.42 Å². The average molecular weight is 379 g/mol. The Balaban J connectivity index is 1.29. The van der Waals surface area contributed by atoms with Gasteiger partial charge in [-0.1, -0.05) is 5.16 Å². The van der Waals surface area contributed by atoms with Gasteiger partial charge in [-0.2, -0.15) is 0 Å². The Kier molecular flexibility index (Phi) is 4.39. The van der Waals surface area contributed by atoms with Crippen molar-refractivity contribution in [2.75, 3.05) is 31.1 Å². The Bertz CT molecular complexity index is 1040. The molecule has 7 nitrogen and oxygen atoms in total. The summed E-state index contributed by atoms with van der Waals surface area (Å²) in [5.41, 5.74) is 3.17. The van der Waals surface area contributed by atoms with Crippen LogP contribution in [0, 0.1) is 12.8 Å². The summed E-state index contributed by atoms with van der Waals surface area (Å²) in [6, 6.07) is 6.06. The molecule has 1 saturated heterocycles. The third-order valence-electron chi connectivity index (χ3n) is 5.94. The van der Waals surface area contributed by atoms with E-state index < -0.39 is 0 Å². The predicted molar refractivity (Wildman–Crippen MR) is 107 cm³/mol. The highest BCUT2D eigenvalue weighted by molar-refractivity contribution is 5.81. The van der Waals surface area contributed by atoms with Crippen molar-refractivity contribution in [1.82, 2.24) is 19.6 Å². The van der Waals surface area contributed by atoms with Crippen LogP contribution in [0.25, 0.3) is 10.9 Å². The molecule has 0 unspecified atom stereocenters. The number of piperazine rings is 1. The molecule has 1 aliphatic heterocycles. The maximum Gasteiger partial charge on any atom is 0.261 e. The van der Waals surface area contributed by atoms with E-state index in [1.54, 1.807) is 10.9 Å². The predicted octanol–water partition coefficient (Wildman–Crippen LogP) is 2.43. The molecule has 3 aromatic rings. The first-order valence-corrected chi connectivity index (χ1v) is 10.0. The fraction of sp³-hybridized carbons (Fsp3) is 0.476. The van der Waals surface area contributed by atoms with E-state index in [0.29, 0.717) is 11.3 Å². The summed E-state index contributed by atoms with van der Waals surface area (Å²) in [6.45, 7) is 7.51. The summed E-state index contributed by atoms with van der Waals surface area (Å²) in [4.78, 5) is 22.0. The lowest BCUT2D eigenvalue weighted by Gasteiger charge is -2.36. The van der Waals surface area contributed by atoms with Gasteiger partial charge in [0.15, 0.2) is 0 Å². The second-order valence-corrected chi connectivity index (χ2v) is 8.02. The van der Waals surface area contributed by atoms with E-state index in [9.17, 15) is 4.79 Å². The van der Waals surface area contributed by atoms with Crippen molar-refractivity contribution < 1.29 is 4.52 Å². The van der Waals surface area contributed by atoms with Crippen LogP contribution in [0.5, 0.6) is 0 Å². The van der Waals surface area contributed by atoms with Crippen LogP contribution in [0.3, 0.4) is 0 Å². The number of nitrogens with zero attached hydrogens (tertiary/aromatic N) is 5. The first kappa shape index (κ1) is 17.4. The van der Waals surface area contributed by atoms with Gasteiger partial charge in [0.25, 0.3) is 5.56 Å². The summed E-state index contributed by atoms with van der Waals surface area (Å²) < 4.78 is 6.93. The van der Waals surface area contributed by atoms with Gasteiger partial charge >= 0.3 is 0 Å². The third-order valence-corrected chi connectivity index (χ3v) is 5.94. The first-order chi connectivity index (χ1) is 13.7. The number of hydrogen-bond donors (Lipinski definition) is 0. The van der Waals surface area contributed by atoms with Crippen LogP contribution in [-0.4, -0.2) is 45.8 Å². The zero-order chi connectivity index (χ0) is 19.1. The minimum absolute atomic E-state index is 0.0809. The third kappa shape index (κ3) is 3.42. The minimum Gasteiger partial charge on any atom is -0.369 e. The Morgan fingerprint density at radius 1 is 1.18 bits per heavy atom. The molecular weight excluding hydrogens is 354 g/mol. The number of aryl methyl sites for hydroxylation is 1. The molecule has 2 fully saturated rings. The van der Waals surface area contributed by atoms with Crippen molar-refractivity contribution in [1.29, 1.82) is 0 Å². The highest BCUT2D eigenvalue weighted by atomic mass is 16.5. The molecule has 0 N–H and O–H groups in total. The molecule has 2 aliphatic rings. The molecule has 1 aliphatic carbocycles. The van der Waals surface area contributed by atoms with Crippen LogP contribution in [-0.2, 0) is 13.1 Å². The van der Waals surface area contributed by atoms with Crippen LogP contribution in [0.1, 0.15) is 24.2 Å². The van der Waals surface area contributed by atoms with Crippen LogP contribution in [0.15, 0.2) is 40.0 Å². The standard InChI is InChI=1S/C21H25N5O2/c1-15-17(11-23-28-15)13-24-6-8-25(9-7-24)18-4-5-19-20(10-18)22-14-26(21(19)27)12-16-2-3-16/h4-5,10-11,14,16H,2-3,6-9,12-13H2,1H3. The van der Waals surface area contributed by atoms with Crippen molar-refractivity contribution >= 4 is 16.6 Å². The highest BCUT2D eigenvalue weighted by Crippen LogP contribution is 2.30. The molecule has 2 aromatic heterocycles. The smallest absolute Gasteiger partial charge is 0.261 e. The second-order valence-electron chi connectivity index (χ2n) is 8.02. The number of fused-ring (bicyclic) bond motifs is 1. The number of anilines is 1. The van der Waals surface area contributed by atoms with E-state index in [0.717, 1.165) is 61.8 Å². The van der Waals surface area contributed by atoms with Gasteiger partial charge in [-0.3, -0.25) is 14.3 Å². The SMILES string of the molecule is Cc1oncc1CN1CCN(c2ccc3c(=O)n(CC4CC4)cnc3c2)CC1. The average Bonchev–Trinajstić information content (AvgIpc) is 3.45. The molecule has 0 bridgehead atoms. The molecule has 5 rings (SSSR count). The normalized spacial score (nSPS) is 18.1. The molecule has 28 heavy (non-hydrogen) atoms. The lowest BCUT2D eigenvalue weighted by Crippen LogP contribution is -2.46. The van der Waals surface area contributed by atoms with Crippen LogP contribution < -0.4 is 10.5 Å². The Morgan fingerprint density at radius 2 is 2.00 bits per heavy atom. The van der Waals surface area contributed by atoms with Crippen molar-refractivity contribution in [3.8, 4) is 0 Å². The Labute approximate surface area is 163 Å². The Hall–Kier alpha value is -2.67. The monoisotopic (exact) mass is 379 g/mol. The van der Waals surface area contributed by atoms with Crippen LogP contribution in [0.4, 0.5) is 5.69 Å². The molecule has 1 saturated carbocycles. The summed E-state index contributed by atoms with van der Waals surface area (Å²) >= 11 is 0. The number of hydrogen-bond acceptors (Lipinski definition) is 6. The molecule has 7 heteroatoms. The van der Waals surface area contributed by atoms with Crippen molar-refractivity contribution in [2.24, 2.45) is 5.92 Å². The van der Waals surface area contributed by atoms with E-state index in [4.69, 9.17) is 4.52 Å². The fourth-order valence-electron chi connectivity index (χ4n) is 3.93. The summed E-state index contributed by atoms with van der Waals surface area (Å²) in [5, 5.41) is 4.58. The molecule has 0 atom stereocenters. The highest BCUT2D eigenvalue weighted by Gasteiger charge is 2.23. The topological polar surface area (TPSA) is 67.4 Å². The first-order valence-electron chi connectivity index (χ1n) is 10.0. The molecule has 0 amide bonds. The van der Waals surface area contributed by atoms with Gasteiger partial charge in [-0.15, -0.1) is 0 Å².